The highest BCUT2D eigenvalue weighted by Gasteiger charge is 1.85. The van der Waals surface area contributed by atoms with Crippen LogP contribution in [0, 0.1) is 13.8 Å². The van der Waals surface area contributed by atoms with Crippen molar-refractivity contribution in [3.05, 3.63) is 13.8 Å². The van der Waals surface area contributed by atoms with Crippen molar-refractivity contribution in [1.29, 1.82) is 0 Å². The van der Waals surface area contributed by atoms with Crippen LogP contribution >= 0.6 is 0 Å². The first-order valence-electron chi connectivity index (χ1n) is 4.50. The summed E-state index contributed by atoms with van der Waals surface area (Å²) in [6.45, 7) is 7.62. The summed E-state index contributed by atoms with van der Waals surface area (Å²) >= 11 is 0. The van der Waals surface area contributed by atoms with Gasteiger partial charge in [0.15, 0.2) is 0 Å². The first kappa shape index (κ1) is 10.0. The van der Waals surface area contributed by atoms with Gasteiger partial charge in [-0.2, -0.15) is 12.8 Å². The van der Waals surface area contributed by atoms with E-state index in [1.165, 1.54) is 38.5 Å². The maximum Gasteiger partial charge on any atom is -0.0534 e. The van der Waals surface area contributed by atoms with E-state index in [0.29, 0.717) is 0 Å². The molecule has 0 aromatic heterocycles. The lowest BCUT2D eigenvalue weighted by Crippen LogP contribution is -1.78. The lowest BCUT2D eigenvalue weighted by Gasteiger charge is -2.01. The summed E-state index contributed by atoms with van der Waals surface area (Å²) in [6, 6.07) is 0. The highest BCUT2D eigenvalue weighted by molar-refractivity contribution is 4.47. The van der Waals surface area contributed by atoms with Crippen molar-refractivity contribution < 1.29 is 0 Å². The Hall–Kier alpha value is 0. The highest BCUT2D eigenvalue weighted by Crippen LogP contribution is 2.07. The quantitative estimate of drug-likeness (QED) is 0.373. The molecule has 0 aliphatic carbocycles. The molecule has 0 saturated carbocycles. The lowest BCUT2D eigenvalue weighted by atomic mass is 10.1. The van der Waals surface area contributed by atoms with Gasteiger partial charge in [-0.1, -0.05) is 38.5 Å². The number of hydrogen-bond acceptors (Lipinski definition) is 0. The van der Waals surface area contributed by atoms with Crippen LogP contribution in [-0.2, 0) is 0 Å². The lowest BCUT2D eigenvalue weighted by molar-refractivity contribution is 0.599. The van der Waals surface area contributed by atoms with E-state index in [9.17, 15) is 0 Å². The molecule has 0 amide bonds. The van der Waals surface area contributed by atoms with E-state index < -0.39 is 0 Å². The van der Waals surface area contributed by atoms with Crippen LogP contribution in [-0.4, -0.2) is 0 Å². The molecule has 0 heterocycles. The monoisotopic (exact) mass is 140 g/mol. The van der Waals surface area contributed by atoms with Gasteiger partial charge in [0.05, 0.1) is 0 Å². The molecule has 0 spiro atoms. The predicted octanol–water partition coefficient (Wildman–Crippen LogP) is 3.78. The Morgan fingerprint density at radius 2 is 0.800 bits per heavy atom. The molecule has 0 aliphatic heterocycles. The van der Waals surface area contributed by atoms with E-state index in [-0.39, 0.29) is 0 Å². The van der Waals surface area contributed by atoms with Crippen molar-refractivity contribution in [3.8, 4) is 0 Å². The van der Waals surface area contributed by atoms with Crippen LogP contribution in [0.5, 0.6) is 0 Å². The largest absolute Gasteiger partial charge is 0.343 e. The number of unbranched alkanes of at least 4 members (excludes halogenated alkanes) is 7. The molecule has 0 radical (unpaired) electrons. The highest BCUT2D eigenvalue weighted by atomic mass is 13.9. The molecule has 62 valence electrons. The summed E-state index contributed by atoms with van der Waals surface area (Å²) in [4.78, 5) is 0. The second-order valence-electron chi connectivity index (χ2n) is 2.83. The average molecular weight is 140 g/mol. The van der Waals surface area contributed by atoms with Gasteiger partial charge in [-0.05, 0) is 0 Å². The molecule has 0 unspecified atom stereocenters. The summed E-state index contributed by atoms with van der Waals surface area (Å²) in [6.07, 6.45) is 10.4. The van der Waals surface area contributed by atoms with E-state index in [4.69, 9.17) is 0 Å². The standard InChI is InChI=1S/C10H20/c1-3-5-7-9-10-8-6-4-2/h1-10H2/q-2. The Labute approximate surface area is 66.0 Å². The summed E-state index contributed by atoms with van der Waals surface area (Å²) in [5.74, 6) is 0. The van der Waals surface area contributed by atoms with Gasteiger partial charge in [-0.15, -0.1) is 0 Å². The van der Waals surface area contributed by atoms with Crippen LogP contribution in [0.4, 0.5) is 0 Å². The van der Waals surface area contributed by atoms with Crippen LogP contribution in [0.3, 0.4) is 0 Å². The van der Waals surface area contributed by atoms with E-state index in [2.05, 4.69) is 13.8 Å². The van der Waals surface area contributed by atoms with Crippen LogP contribution in [0.1, 0.15) is 51.4 Å². The third kappa shape index (κ3) is 8.00. The first-order valence-corrected chi connectivity index (χ1v) is 4.50. The van der Waals surface area contributed by atoms with E-state index in [1.807, 2.05) is 0 Å². The third-order valence-corrected chi connectivity index (χ3v) is 1.75. The smallest absolute Gasteiger partial charge is 0.0534 e. The summed E-state index contributed by atoms with van der Waals surface area (Å²) in [7, 11) is 0. The van der Waals surface area contributed by atoms with Gasteiger partial charge in [0.2, 0.25) is 0 Å². The fourth-order valence-corrected chi connectivity index (χ4v) is 1.06. The Bertz CT molecular complexity index is 40.0. The van der Waals surface area contributed by atoms with Gasteiger partial charge in [0, 0.05) is 0 Å². The van der Waals surface area contributed by atoms with Crippen molar-refractivity contribution in [2.45, 2.75) is 51.4 Å². The predicted molar refractivity (Wildman–Crippen MR) is 47.7 cm³/mol. The van der Waals surface area contributed by atoms with Crippen LogP contribution < -0.4 is 0 Å². The average Bonchev–Trinajstić information content (AvgIpc) is 1.97. The van der Waals surface area contributed by atoms with Gasteiger partial charge < -0.3 is 13.8 Å². The minimum Gasteiger partial charge on any atom is -0.343 e. The topological polar surface area (TPSA) is 0 Å². The van der Waals surface area contributed by atoms with E-state index in [1.54, 1.807) is 0 Å². The van der Waals surface area contributed by atoms with Crippen molar-refractivity contribution in [1.82, 2.24) is 0 Å². The van der Waals surface area contributed by atoms with Crippen LogP contribution in [0.25, 0.3) is 0 Å². The molecule has 0 aliphatic rings. The van der Waals surface area contributed by atoms with Gasteiger partial charge in [-0.3, -0.25) is 0 Å². The summed E-state index contributed by atoms with van der Waals surface area (Å²) in [5.41, 5.74) is 0. The van der Waals surface area contributed by atoms with Gasteiger partial charge in [0.25, 0.3) is 0 Å². The van der Waals surface area contributed by atoms with Gasteiger partial charge >= 0.3 is 0 Å². The van der Waals surface area contributed by atoms with Crippen molar-refractivity contribution >= 4 is 0 Å². The first-order chi connectivity index (χ1) is 4.91. The van der Waals surface area contributed by atoms with Crippen molar-refractivity contribution in [3.63, 3.8) is 0 Å². The Balaban J connectivity index is 2.65. The Morgan fingerprint density at radius 3 is 1.10 bits per heavy atom. The SMILES string of the molecule is [CH2-]CCCCCCCC[CH2-]. The molecule has 0 aromatic carbocycles. The van der Waals surface area contributed by atoms with E-state index in [0.717, 1.165) is 12.8 Å². The minimum absolute atomic E-state index is 1.11. The molecular formula is C10H20-2. The zero-order chi connectivity index (χ0) is 7.66. The van der Waals surface area contributed by atoms with Crippen LogP contribution in [0.15, 0.2) is 0 Å². The zero-order valence-electron chi connectivity index (χ0n) is 7.07. The maximum absolute atomic E-state index is 3.81. The second-order valence-corrected chi connectivity index (χ2v) is 2.83. The fraction of sp³-hybridized carbons (Fsp3) is 0.800. The second kappa shape index (κ2) is 9.00. The summed E-state index contributed by atoms with van der Waals surface area (Å²) < 4.78 is 0. The third-order valence-electron chi connectivity index (χ3n) is 1.75. The van der Waals surface area contributed by atoms with Crippen LogP contribution in [0.2, 0.25) is 0 Å². The summed E-state index contributed by atoms with van der Waals surface area (Å²) in [5, 5.41) is 0. The minimum atomic E-state index is 1.11. The van der Waals surface area contributed by atoms with Crippen molar-refractivity contribution in [2.75, 3.05) is 0 Å². The number of hydrogen-bond donors (Lipinski definition) is 0. The van der Waals surface area contributed by atoms with E-state index >= 15 is 0 Å². The normalized spacial score (nSPS) is 10.2. The molecule has 0 heteroatoms. The molecule has 0 rings (SSSR count). The molecule has 0 fully saturated rings. The molecule has 0 bridgehead atoms. The fourth-order valence-electron chi connectivity index (χ4n) is 1.06. The molecule has 0 N–H and O–H groups in total. The van der Waals surface area contributed by atoms with Gasteiger partial charge in [-0.25, -0.2) is 0 Å². The molecule has 0 aromatic rings. The van der Waals surface area contributed by atoms with Crippen molar-refractivity contribution in [2.24, 2.45) is 0 Å². The Morgan fingerprint density at radius 1 is 0.500 bits per heavy atom. The Kier molecular flexibility index (Phi) is 9.00. The molecule has 0 atom stereocenters. The maximum atomic E-state index is 3.81. The number of rotatable bonds is 7. The zero-order valence-corrected chi connectivity index (χ0v) is 7.07. The molecule has 0 saturated heterocycles. The van der Waals surface area contributed by atoms with Gasteiger partial charge in [0.1, 0.15) is 0 Å². The molecule has 0 nitrogen and oxygen atoms in total. The molecule has 10 heavy (non-hydrogen) atoms. The molecular weight excluding hydrogens is 120 g/mol.